The summed E-state index contributed by atoms with van der Waals surface area (Å²) >= 11 is 0. The number of nitrogens with two attached hydrogens (primary N) is 1. The van der Waals surface area contributed by atoms with Crippen molar-refractivity contribution in [3.63, 3.8) is 0 Å². The third kappa shape index (κ3) is 3.14. The molecule has 0 heterocycles. The van der Waals surface area contributed by atoms with Crippen LogP contribution in [0, 0.1) is 17.8 Å². The number of Topliss-reactive ketones (excluding diaryl/α,β-unsaturated/α-hetero) is 2. The molecule has 3 aliphatic rings. The van der Waals surface area contributed by atoms with E-state index < -0.39 is 64.1 Å². The third-order valence-corrected chi connectivity index (χ3v) is 7.77. The molecule has 4 rings (SSSR count). The van der Waals surface area contributed by atoms with E-state index in [1.807, 2.05) is 20.8 Å². The van der Waals surface area contributed by atoms with Crippen molar-refractivity contribution in [1.29, 1.82) is 0 Å². The summed E-state index contributed by atoms with van der Waals surface area (Å²) in [6, 6.07) is 2.70. The van der Waals surface area contributed by atoms with Crippen LogP contribution in [0.3, 0.4) is 0 Å². The first-order valence-corrected chi connectivity index (χ1v) is 11.4. The smallest absolute Gasteiger partial charge is 0.230 e. The van der Waals surface area contributed by atoms with Crippen LogP contribution in [0.1, 0.15) is 43.9 Å². The summed E-state index contributed by atoms with van der Waals surface area (Å²) < 4.78 is 0. The van der Waals surface area contributed by atoms with Crippen LogP contribution in [-0.4, -0.2) is 74.6 Å². The van der Waals surface area contributed by atoms with Gasteiger partial charge in [-0.2, -0.15) is 0 Å². The number of aliphatic hydroxyl groups excluding tert-OH is 2. The van der Waals surface area contributed by atoms with Crippen LogP contribution in [0.5, 0.6) is 5.75 Å². The average Bonchev–Trinajstić information content (AvgIpc) is 2.69. The molecule has 0 spiro atoms. The average molecular weight is 473 g/mol. The molecule has 34 heavy (non-hydrogen) atoms. The van der Waals surface area contributed by atoms with Crippen LogP contribution in [0.25, 0.3) is 5.76 Å². The number of rotatable bonds is 2. The highest BCUT2D eigenvalue weighted by molar-refractivity contribution is 6.25. The number of phenols is 1. The standard InChI is InChI=1S/C25H32N2O7/c1-24(2,3)12-7-6-10-8-11-9-13-17(27(4)5)20(30)16(23(26)33)22(32)25(13,34)21(31)15(11)19(29)14(10)18(12)28/h6-7,11,13,16-17,20,28-30,34H,8-9H2,1-5H3,(H2,26,33)/t11?,13?,16?,17-,20?,25-/m0/s1. The minimum absolute atomic E-state index is 0.111. The van der Waals surface area contributed by atoms with E-state index in [0.717, 1.165) is 0 Å². The molecule has 0 aliphatic heterocycles. The van der Waals surface area contributed by atoms with Gasteiger partial charge in [0.15, 0.2) is 11.4 Å². The first-order chi connectivity index (χ1) is 15.6. The van der Waals surface area contributed by atoms with Gasteiger partial charge in [-0.25, -0.2) is 0 Å². The Morgan fingerprint density at radius 1 is 1.18 bits per heavy atom. The van der Waals surface area contributed by atoms with E-state index in [1.54, 1.807) is 31.1 Å². The topological polar surface area (TPSA) is 161 Å². The zero-order chi connectivity index (χ0) is 25.5. The normalized spacial score (nSPS) is 33.5. The van der Waals surface area contributed by atoms with Crippen LogP contribution < -0.4 is 5.73 Å². The zero-order valence-electron chi connectivity index (χ0n) is 20.0. The van der Waals surface area contributed by atoms with Crippen LogP contribution in [0.4, 0.5) is 0 Å². The number of aromatic hydroxyl groups is 1. The Labute approximate surface area is 197 Å². The predicted octanol–water partition coefficient (Wildman–Crippen LogP) is 0.427. The Kier molecular flexibility index (Phi) is 5.47. The molecule has 6 N–H and O–H groups in total. The van der Waals surface area contributed by atoms with Crippen molar-refractivity contribution >= 4 is 23.2 Å². The van der Waals surface area contributed by atoms with E-state index in [9.17, 15) is 34.8 Å². The summed E-state index contributed by atoms with van der Waals surface area (Å²) in [5, 5.41) is 44.6. The number of carbonyl (C=O) groups is 3. The predicted molar refractivity (Wildman–Crippen MR) is 123 cm³/mol. The first-order valence-electron chi connectivity index (χ1n) is 11.4. The summed E-state index contributed by atoms with van der Waals surface area (Å²) in [5.41, 5.74) is 3.51. The summed E-state index contributed by atoms with van der Waals surface area (Å²) in [5.74, 6) is -7.24. The molecule has 0 bridgehead atoms. The highest BCUT2D eigenvalue weighted by atomic mass is 16.3. The monoisotopic (exact) mass is 472 g/mol. The Morgan fingerprint density at radius 2 is 1.79 bits per heavy atom. The van der Waals surface area contributed by atoms with Crippen molar-refractivity contribution in [2.75, 3.05) is 14.1 Å². The number of hydrogen-bond acceptors (Lipinski definition) is 8. The molecule has 3 aliphatic carbocycles. The van der Waals surface area contributed by atoms with Gasteiger partial charge in [0.1, 0.15) is 17.4 Å². The van der Waals surface area contributed by atoms with Gasteiger partial charge >= 0.3 is 0 Å². The molecular formula is C25H32N2O7. The lowest BCUT2D eigenvalue weighted by Crippen LogP contribution is -2.73. The molecule has 9 heteroatoms. The number of amides is 1. The molecule has 9 nitrogen and oxygen atoms in total. The van der Waals surface area contributed by atoms with Gasteiger partial charge in [0.25, 0.3) is 0 Å². The molecular weight excluding hydrogens is 440 g/mol. The maximum atomic E-state index is 13.8. The van der Waals surface area contributed by atoms with Gasteiger partial charge in [0.2, 0.25) is 11.7 Å². The number of nitrogens with zero attached hydrogens (tertiary/aromatic N) is 1. The van der Waals surface area contributed by atoms with Gasteiger partial charge in [-0.15, -0.1) is 0 Å². The number of ketones is 2. The molecule has 6 atom stereocenters. The van der Waals surface area contributed by atoms with E-state index in [0.29, 0.717) is 17.5 Å². The minimum Gasteiger partial charge on any atom is -0.507 e. The fraction of sp³-hybridized carbons (Fsp3) is 0.560. The highest BCUT2D eigenvalue weighted by Gasteiger charge is 2.67. The molecule has 0 saturated heterocycles. The maximum absolute atomic E-state index is 13.8. The number of fused-ring (bicyclic) bond motifs is 3. The molecule has 1 aromatic carbocycles. The fourth-order valence-corrected chi connectivity index (χ4v) is 6.18. The van der Waals surface area contributed by atoms with E-state index in [1.165, 1.54) is 0 Å². The Morgan fingerprint density at radius 3 is 2.32 bits per heavy atom. The fourth-order valence-electron chi connectivity index (χ4n) is 6.18. The van der Waals surface area contributed by atoms with Crippen molar-refractivity contribution in [2.24, 2.45) is 23.5 Å². The van der Waals surface area contributed by atoms with Gasteiger partial charge in [-0.05, 0) is 43.8 Å². The third-order valence-electron chi connectivity index (χ3n) is 7.77. The van der Waals surface area contributed by atoms with Crippen molar-refractivity contribution in [1.82, 2.24) is 4.90 Å². The lowest BCUT2D eigenvalue weighted by atomic mass is 9.54. The molecule has 0 radical (unpaired) electrons. The second kappa shape index (κ2) is 7.63. The number of phenolic OH excluding ortho intramolecular Hbond substituents is 1. The first kappa shape index (κ1) is 24.4. The number of aliphatic hydroxyl groups is 3. The number of carbonyl (C=O) groups excluding carboxylic acids is 3. The number of likely N-dealkylation sites (N-methyl/N-ethyl adjacent to an activating group) is 1. The Balaban J connectivity index is 1.92. The molecule has 1 aromatic rings. The largest absolute Gasteiger partial charge is 0.507 e. The van der Waals surface area contributed by atoms with E-state index >= 15 is 0 Å². The summed E-state index contributed by atoms with van der Waals surface area (Å²) in [7, 11) is 3.25. The lowest BCUT2D eigenvalue weighted by Gasteiger charge is -2.53. The van der Waals surface area contributed by atoms with Crippen molar-refractivity contribution in [2.45, 2.75) is 56.8 Å². The lowest BCUT2D eigenvalue weighted by molar-refractivity contribution is -0.184. The molecule has 4 unspecified atom stereocenters. The molecule has 2 saturated carbocycles. The molecule has 2 fully saturated rings. The van der Waals surface area contributed by atoms with Crippen LogP contribution in [0.2, 0.25) is 0 Å². The van der Waals surface area contributed by atoms with Gasteiger partial charge < -0.3 is 31.1 Å². The van der Waals surface area contributed by atoms with Crippen molar-refractivity contribution < 1.29 is 34.8 Å². The number of primary amides is 1. The number of hydrogen-bond donors (Lipinski definition) is 5. The molecule has 1 amide bonds. The summed E-state index contributed by atoms with van der Waals surface area (Å²) in [6.45, 7) is 5.71. The summed E-state index contributed by atoms with van der Waals surface area (Å²) in [4.78, 5) is 40.7. The van der Waals surface area contributed by atoms with Crippen molar-refractivity contribution in [3.05, 3.63) is 34.4 Å². The quantitative estimate of drug-likeness (QED) is 0.387. The van der Waals surface area contributed by atoms with E-state index in [-0.39, 0.29) is 23.3 Å². The van der Waals surface area contributed by atoms with Gasteiger partial charge in [-0.1, -0.05) is 32.9 Å². The molecule has 184 valence electrons. The maximum Gasteiger partial charge on any atom is 0.230 e. The Hall–Kier alpha value is -2.75. The second-order valence-electron chi connectivity index (χ2n) is 11.0. The van der Waals surface area contributed by atoms with Gasteiger partial charge in [0, 0.05) is 23.1 Å². The van der Waals surface area contributed by atoms with Crippen LogP contribution in [-0.2, 0) is 26.2 Å². The van der Waals surface area contributed by atoms with Crippen molar-refractivity contribution in [3.8, 4) is 5.75 Å². The second-order valence-corrected chi connectivity index (χ2v) is 11.0. The summed E-state index contributed by atoms with van der Waals surface area (Å²) in [6.07, 6.45) is -1.08. The van der Waals surface area contributed by atoms with E-state index in [4.69, 9.17) is 5.73 Å². The molecule has 0 aromatic heterocycles. The van der Waals surface area contributed by atoms with Gasteiger partial charge in [0.05, 0.1) is 11.7 Å². The minimum atomic E-state index is -2.64. The van der Waals surface area contributed by atoms with Gasteiger partial charge in [-0.3, -0.25) is 14.4 Å². The van der Waals surface area contributed by atoms with E-state index in [2.05, 4.69) is 0 Å². The van der Waals surface area contributed by atoms with Crippen LogP contribution >= 0.6 is 0 Å². The SMILES string of the molecule is CN(C)[C@@H]1C(O)C(C(N)=O)C(=O)[C@@]2(O)C(=O)C3=C(O)c4c(ccc(C(C)(C)C)c4O)CC3CC12. The van der Waals surface area contributed by atoms with Crippen LogP contribution in [0.15, 0.2) is 17.7 Å². The zero-order valence-corrected chi connectivity index (χ0v) is 20.0. The number of benzene rings is 1. The highest BCUT2D eigenvalue weighted by Crippen LogP contribution is 2.52. The Bertz CT molecular complexity index is 1130.